The third-order valence-corrected chi connectivity index (χ3v) is 8.51. The van der Waals surface area contributed by atoms with E-state index in [1.807, 2.05) is 6.08 Å². The summed E-state index contributed by atoms with van der Waals surface area (Å²) in [6.07, 6.45) is 21.9. The van der Waals surface area contributed by atoms with Crippen LogP contribution in [-0.4, -0.2) is 68.9 Å². The number of likely N-dealkylation sites (tertiary alicyclic amines) is 1. The predicted molar refractivity (Wildman–Crippen MR) is 161 cm³/mol. The largest absolute Gasteiger partial charge is 0.497 e. The smallest absolute Gasteiger partial charge is 0.113 e. The first-order chi connectivity index (χ1) is 19.7. The van der Waals surface area contributed by atoms with Gasteiger partial charge in [0.1, 0.15) is 30.6 Å². The lowest BCUT2D eigenvalue weighted by Gasteiger charge is -2.26. The van der Waals surface area contributed by atoms with Crippen molar-refractivity contribution in [2.24, 2.45) is 16.8 Å². The molecule has 3 saturated heterocycles. The van der Waals surface area contributed by atoms with Gasteiger partial charge in [0.05, 0.1) is 25.0 Å². The van der Waals surface area contributed by atoms with Crippen molar-refractivity contribution in [1.29, 1.82) is 5.26 Å². The Morgan fingerprint density at radius 1 is 1.20 bits per heavy atom. The standard InChI is InChI=1S/C33H48N4O3/c1-3-8-32(40-30-15-21-38-22-16-30)28(25-34)10-7-9-27-24-31(36-33(27)35-17-4-2)26-11-13-29(14-12-26)39-23-20-37-18-5-6-19-37/h3-4,8,11,13,17,27-28,30-31,33,36H,1-2,5-7,9-10,12,14-16,18-24H2/b32-8+,35-17-/t27-,28-,31-,33?/m0/s1. The third-order valence-electron chi connectivity index (χ3n) is 8.51. The molecule has 1 unspecified atom stereocenters. The fraction of sp³-hybridized carbons (Fsp3) is 0.636. The number of ether oxygens (including phenoxy) is 3. The van der Waals surface area contributed by atoms with Crippen LogP contribution >= 0.6 is 0 Å². The molecule has 0 amide bonds. The lowest BCUT2D eigenvalue weighted by Crippen LogP contribution is -2.31. The lowest BCUT2D eigenvalue weighted by molar-refractivity contribution is -0.00957. The van der Waals surface area contributed by atoms with Crippen LogP contribution < -0.4 is 5.32 Å². The zero-order chi connectivity index (χ0) is 28.0. The molecule has 0 bridgehead atoms. The minimum atomic E-state index is -0.267. The van der Waals surface area contributed by atoms with Gasteiger partial charge in [-0.3, -0.25) is 15.2 Å². The quantitative estimate of drug-likeness (QED) is 0.157. The zero-order valence-electron chi connectivity index (χ0n) is 24.1. The maximum Gasteiger partial charge on any atom is 0.113 e. The van der Waals surface area contributed by atoms with E-state index in [0.717, 1.165) is 76.0 Å². The Kier molecular flexibility index (Phi) is 12.6. The van der Waals surface area contributed by atoms with Crippen LogP contribution in [0.15, 0.2) is 65.6 Å². The van der Waals surface area contributed by atoms with Crippen molar-refractivity contribution in [2.75, 3.05) is 39.5 Å². The monoisotopic (exact) mass is 548 g/mol. The van der Waals surface area contributed by atoms with Gasteiger partial charge >= 0.3 is 0 Å². The Balaban J connectivity index is 1.28. The number of nitriles is 1. The SMILES string of the molecule is C=C/C=N\C1N[C@H](C2=CC=C(OCCN3CCCC3)CC2)C[C@@H]1CCC[C@@H](C#N)/C(=C\C=C)OC1CCOCC1. The molecular weight excluding hydrogens is 500 g/mol. The van der Waals surface area contributed by atoms with Crippen LogP contribution in [0.4, 0.5) is 0 Å². The van der Waals surface area contributed by atoms with Gasteiger partial charge in [-0.15, -0.1) is 0 Å². The molecule has 0 aromatic carbocycles. The Bertz CT molecular complexity index is 982. The molecule has 0 saturated carbocycles. The predicted octanol–water partition coefficient (Wildman–Crippen LogP) is 5.84. The van der Waals surface area contributed by atoms with Crippen LogP contribution in [-0.2, 0) is 14.2 Å². The Hall–Kier alpha value is -2.66. The molecule has 4 atom stereocenters. The molecule has 3 aliphatic heterocycles. The number of nitrogens with one attached hydrogen (secondary N) is 1. The number of aliphatic imine (C=N–C) groups is 1. The average Bonchev–Trinajstić information content (AvgIpc) is 3.65. The molecule has 4 rings (SSSR count). The highest BCUT2D eigenvalue weighted by molar-refractivity contribution is 5.70. The van der Waals surface area contributed by atoms with Crippen LogP contribution in [0.3, 0.4) is 0 Å². The number of nitrogens with zero attached hydrogens (tertiary/aromatic N) is 3. The number of hydrogen-bond donors (Lipinski definition) is 1. The summed E-state index contributed by atoms with van der Waals surface area (Å²) in [5.41, 5.74) is 1.43. The van der Waals surface area contributed by atoms with Crippen molar-refractivity contribution in [3.63, 3.8) is 0 Å². The van der Waals surface area contributed by atoms with Crippen molar-refractivity contribution in [3.8, 4) is 6.07 Å². The molecule has 0 aromatic heterocycles. The molecule has 1 aliphatic carbocycles. The third kappa shape index (κ3) is 9.19. The highest BCUT2D eigenvalue weighted by atomic mass is 16.5. The van der Waals surface area contributed by atoms with E-state index >= 15 is 0 Å². The van der Waals surface area contributed by atoms with E-state index in [1.165, 1.54) is 31.5 Å². The number of hydrogen-bond acceptors (Lipinski definition) is 7. The van der Waals surface area contributed by atoms with Crippen LogP contribution in [0.1, 0.15) is 64.2 Å². The van der Waals surface area contributed by atoms with Crippen molar-refractivity contribution >= 4 is 6.21 Å². The van der Waals surface area contributed by atoms with E-state index in [4.69, 9.17) is 19.2 Å². The summed E-state index contributed by atoms with van der Waals surface area (Å²) < 4.78 is 17.8. The molecule has 0 radical (unpaired) electrons. The first-order valence-corrected chi connectivity index (χ1v) is 15.3. The molecule has 218 valence electrons. The van der Waals surface area contributed by atoms with Gasteiger partial charge in [0.2, 0.25) is 0 Å². The van der Waals surface area contributed by atoms with Gasteiger partial charge in [-0.25, -0.2) is 0 Å². The van der Waals surface area contributed by atoms with Crippen molar-refractivity contribution < 1.29 is 14.2 Å². The second-order valence-corrected chi connectivity index (χ2v) is 11.3. The van der Waals surface area contributed by atoms with Crippen molar-refractivity contribution in [2.45, 2.75) is 82.5 Å². The zero-order valence-corrected chi connectivity index (χ0v) is 24.1. The van der Waals surface area contributed by atoms with Crippen LogP contribution in [0.5, 0.6) is 0 Å². The van der Waals surface area contributed by atoms with E-state index in [1.54, 1.807) is 18.4 Å². The van der Waals surface area contributed by atoms with Gasteiger partial charge < -0.3 is 14.2 Å². The molecule has 40 heavy (non-hydrogen) atoms. The average molecular weight is 549 g/mol. The summed E-state index contributed by atoms with van der Waals surface area (Å²) >= 11 is 0. The fourth-order valence-corrected chi connectivity index (χ4v) is 6.25. The molecule has 4 aliphatic rings. The van der Waals surface area contributed by atoms with E-state index in [9.17, 15) is 5.26 Å². The number of allylic oxidation sites excluding steroid dienone is 7. The summed E-state index contributed by atoms with van der Waals surface area (Å²) in [5.74, 6) is 1.99. The van der Waals surface area contributed by atoms with Crippen LogP contribution in [0, 0.1) is 23.2 Å². The summed E-state index contributed by atoms with van der Waals surface area (Å²) in [4.78, 5) is 7.26. The minimum Gasteiger partial charge on any atom is -0.497 e. The fourth-order valence-electron chi connectivity index (χ4n) is 6.25. The second kappa shape index (κ2) is 16.6. The van der Waals surface area contributed by atoms with Gasteiger partial charge in [0.25, 0.3) is 0 Å². The Morgan fingerprint density at radius 3 is 2.73 bits per heavy atom. The molecular formula is C33H48N4O3. The molecule has 7 heteroatoms. The normalized spacial score (nSPS) is 27.2. The second-order valence-electron chi connectivity index (χ2n) is 11.3. The van der Waals surface area contributed by atoms with Gasteiger partial charge in [0.15, 0.2) is 0 Å². The van der Waals surface area contributed by atoms with Gasteiger partial charge in [-0.2, -0.15) is 5.26 Å². The molecule has 0 spiro atoms. The van der Waals surface area contributed by atoms with Crippen LogP contribution in [0.25, 0.3) is 0 Å². The highest BCUT2D eigenvalue weighted by Crippen LogP contribution is 2.34. The maximum absolute atomic E-state index is 9.95. The topological polar surface area (TPSA) is 79.1 Å². The van der Waals surface area contributed by atoms with E-state index in [-0.39, 0.29) is 18.2 Å². The summed E-state index contributed by atoms with van der Waals surface area (Å²) in [6.45, 7) is 13.3. The summed E-state index contributed by atoms with van der Waals surface area (Å²) in [6, 6.07) is 2.80. The molecule has 3 fully saturated rings. The maximum atomic E-state index is 9.95. The molecule has 7 nitrogen and oxygen atoms in total. The van der Waals surface area contributed by atoms with Crippen LogP contribution in [0.2, 0.25) is 0 Å². The van der Waals surface area contributed by atoms with E-state index in [2.05, 4.69) is 41.6 Å². The Labute approximate surface area is 241 Å². The number of rotatable bonds is 15. The first-order valence-electron chi connectivity index (χ1n) is 15.3. The first kappa shape index (κ1) is 30.3. The molecule has 0 aromatic rings. The van der Waals surface area contributed by atoms with Crippen molar-refractivity contribution in [3.05, 3.63) is 60.6 Å². The molecule has 1 N–H and O–H groups in total. The van der Waals surface area contributed by atoms with Crippen molar-refractivity contribution in [1.82, 2.24) is 10.2 Å². The summed E-state index contributed by atoms with van der Waals surface area (Å²) in [5, 5.41) is 13.7. The van der Waals surface area contributed by atoms with Gasteiger partial charge in [0, 0.05) is 38.1 Å². The summed E-state index contributed by atoms with van der Waals surface area (Å²) in [7, 11) is 0. The molecule has 3 heterocycles. The lowest BCUT2D eigenvalue weighted by atomic mass is 9.89. The van der Waals surface area contributed by atoms with E-state index < -0.39 is 0 Å². The minimum absolute atomic E-state index is 0.0631. The Morgan fingerprint density at radius 2 is 2.02 bits per heavy atom. The van der Waals surface area contributed by atoms with E-state index in [0.29, 0.717) is 25.2 Å². The van der Waals surface area contributed by atoms with Gasteiger partial charge in [-0.05, 0) is 69.7 Å². The van der Waals surface area contributed by atoms with Gasteiger partial charge in [-0.1, -0.05) is 43.4 Å². The highest BCUT2D eigenvalue weighted by Gasteiger charge is 2.35.